The molecule has 7 nitrogen and oxygen atoms in total. The van der Waals surface area contributed by atoms with E-state index in [1.807, 2.05) is 12.1 Å². The topological polar surface area (TPSA) is 87.7 Å². The van der Waals surface area contributed by atoms with E-state index in [9.17, 15) is 14.4 Å². The van der Waals surface area contributed by atoms with Crippen LogP contribution in [-0.2, 0) is 25.7 Å². The molecule has 0 bridgehead atoms. The molecule has 26 heavy (non-hydrogen) atoms. The first-order chi connectivity index (χ1) is 12.5. The Morgan fingerprint density at radius 2 is 1.77 bits per heavy atom. The third-order valence-corrected chi connectivity index (χ3v) is 5.17. The molecule has 2 fully saturated rings. The monoisotopic (exact) mass is 359 g/mol. The quantitative estimate of drug-likeness (QED) is 0.748. The highest BCUT2D eigenvalue weighted by Crippen LogP contribution is 2.31. The maximum atomic E-state index is 12.8. The van der Waals surface area contributed by atoms with Crippen molar-refractivity contribution in [1.29, 1.82) is 0 Å². The molecule has 140 valence electrons. The molecule has 0 unspecified atom stereocenters. The van der Waals surface area contributed by atoms with Crippen LogP contribution in [0.1, 0.15) is 31.2 Å². The third-order valence-electron chi connectivity index (χ3n) is 5.17. The molecule has 3 rings (SSSR count). The molecule has 2 aliphatic heterocycles. The highest BCUT2D eigenvalue weighted by atomic mass is 16.5. The number of benzene rings is 1. The Morgan fingerprint density at radius 3 is 2.35 bits per heavy atom. The van der Waals surface area contributed by atoms with E-state index in [1.165, 1.54) is 4.90 Å². The van der Waals surface area contributed by atoms with Gasteiger partial charge in [0.05, 0.1) is 18.6 Å². The van der Waals surface area contributed by atoms with E-state index in [2.05, 4.69) is 10.6 Å². The number of anilines is 1. The van der Waals surface area contributed by atoms with E-state index in [1.54, 1.807) is 19.2 Å². The number of carbonyl (C=O) groups is 3. The Labute approximate surface area is 153 Å². The molecule has 2 saturated heterocycles. The Hall–Kier alpha value is -2.25. The second kappa shape index (κ2) is 7.97. The first-order valence-corrected chi connectivity index (χ1v) is 8.97. The zero-order valence-corrected chi connectivity index (χ0v) is 15.0. The summed E-state index contributed by atoms with van der Waals surface area (Å²) < 4.78 is 5.30. The largest absolute Gasteiger partial charge is 0.384 e. The standard InChI is InChI=1S/C19H25N3O4/c1-26-13-19(8-10-20-11-9-19)18(25)21-15-4-2-14(3-5-15)12-22-16(23)6-7-17(22)24/h2-5,20H,6-13H2,1H3,(H,21,25). The summed E-state index contributed by atoms with van der Waals surface area (Å²) in [5, 5.41) is 6.25. The predicted molar refractivity (Wildman–Crippen MR) is 96.3 cm³/mol. The van der Waals surface area contributed by atoms with Crippen LogP contribution in [-0.4, -0.2) is 49.4 Å². The summed E-state index contributed by atoms with van der Waals surface area (Å²) in [7, 11) is 1.62. The van der Waals surface area contributed by atoms with Crippen molar-refractivity contribution < 1.29 is 19.1 Å². The molecule has 0 saturated carbocycles. The van der Waals surface area contributed by atoms with Gasteiger partial charge in [-0.1, -0.05) is 12.1 Å². The van der Waals surface area contributed by atoms with E-state index in [0.29, 0.717) is 25.1 Å². The van der Waals surface area contributed by atoms with Gasteiger partial charge in [0.1, 0.15) is 0 Å². The number of carbonyl (C=O) groups excluding carboxylic acids is 3. The Morgan fingerprint density at radius 1 is 1.15 bits per heavy atom. The van der Waals surface area contributed by atoms with Crippen LogP contribution < -0.4 is 10.6 Å². The molecular weight excluding hydrogens is 334 g/mol. The summed E-state index contributed by atoms with van der Waals surface area (Å²) in [6.45, 7) is 2.28. The van der Waals surface area contributed by atoms with Crippen LogP contribution in [0.25, 0.3) is 0 Å². The Bertz CT molecular complexity index is 659. The number of nitrogens with one attached hydrogen (secondary N) is 2. The lowest BCUT2D eigenvalue weighted by molar-refractivity contribution is -0.139. The van der Waals surface area contributed by atoms with Gasteiger partial charge in [0.25, 0.3) is 0 Å². The van der Waals surface area contributed by atoms with Crippen molar-refractivity contribution in [2.45, 2.75) is 32.2 Å². The number of nitrogens with zero attached hydrogens (tertiary/aromatic N) is 1. The fourth-order valence-corrected chi connectivity index (χ4v) is 3.56. The van der Waals surface area contributed by atoms with Crippen LogP contribution in [0.3, 0.4) is 0 Å². The summed E-state index contributed by atoms with van der Waals surface area (Å²) in [5.74, 6) is -0.280. The summed E-state index contributed by atoms with van der Waals surface area (Å²) in [4.78, 5) is 37.5. The van der Waals surface area contributed by atoms with E-state index in [-0.39, 0.29) is 24.3 Å². The lowest BCUT2D eigenvalue weighted by Crippen LogP contribution is -2.47. The summed E-state index contributed by atoms with van der Waals surface area (Å²) >= 11 is 0. The molecule has 2 N–H and O–H groups in total. The van der Waals surface area contributed by atoms with Gasteiger partial charge in [0.2, 0.25) is 17.7 Å². The maximum absolute atomic E-state index is 12.8. The van der Waals surface area contributed by atoms with Crippen molar-refractivity contribution in [3.63, 3.8) is 0 Å². The molecule has 0 radical (unpaired) electrons. The van der Waals surface area contributed by atoms with E-state index >= 15 is 0 Å². The second-order valence-electron chi connectivity index (χ2n) is 6.99. The zero-order chi connectivity index (χ0) is 18.6. The Kier molecular flexibility index (Phi) is 5.68. The normalized spacial score (nSPS) is 19.7. The van der Waals surface area contributed by atoms with Crippen LogP contribution >= 0.6 is 0 Å². The molecular formula is C19H25N3O4. The molecule has 0 atom stereocenters. The minimum absolute atomic E-state index is 0.0292. The number of hydrogen-bond acceptors (Lipinski definition) is 5. The number of ether oxygens (including phenoxy) is 1. The average Bonchev–Trinajstić information content (AvgIpc) is 2.96. The van der Waals surface area contributed by atoms with E-state index in [4.69, 9.17) is 4.74 Å². The molecule has 0 aliphatic carbocycles. The number of likely N-dealkylation sites (tertiary alicyclic amines) is 1. The van der Waals surface area contributed by atoms with Crippen LogP contribution in [0.4, 0.5) is 5.69 Å². The first-order valence-electron chi connectivity index (χ1n) is 8.97. The van der Waals surface area contributed by atoms with Gasteiger partial charge in [0, 0.05) is 25.6 Å². The van der Waals surface area contributed by atoms with Gasteiger partial charge >= 0.3 is 0 Å². The van der Waals surface area contributed by atoms with Gasteiger partial charge < -0.3 is 15.4 Å². The van der Waals surface area contributed by atoms with Gasteiger partial charge in [-0.25, -0.2) is 0 Å². The molecule has 0 spiro atoms. The first kappa shape index (κ1) is 18.5. The highest BCUT2D eigenvalue weighted by Gasteiger charge is 2.39. The summed E-state index contributed by atoms with van der Waals surface area (Å²) in [6.07, 6.45) is 2.07. The summed E-state index contributed by atoms with van der Waals surface area (Å²) in [5.41, 5.74) is 1.06. The number of hydrogen-bond donors (Lipinski definition) is 2. The SMILES string of the molecule is COCC1(C(=O)Nc2ccc(CN3C(=O)CCC3=O)cc2)CCNCC1. The molecule has 2 heterocycles. The smallest absolute Gasteiger partial charge is 0.233 e. The van der Waals surface area contributed by atoms with Gasteiger partial charge in [0.15, 0.2) is 0 Å². The number of piperidine rings is 1. The van der Waals surface area contributed by atoms with Crippen molar-refractivity contribution in [2.75, 3.05) is 32.1 Å². The zero-order valence-electron chi connectivity index (χ0n) is 15.0. The minimum Gasteiger partial charge on any atom is -0.384 e. The third kappa shape index (κ3) is 3.94. The van der Waals surface area contributed by atoms with Crippen LogP contribution in [0.2, 0.25) is 0 Å². The number of rotatable bonds is 6. The van der Waals surface area contributed by atoms with Crippen LogP contribution in [0, 0.1) is 5.41 Å². The van der Waals surface area contributed by atoms with E-state index < -0.39 is 5.41 Å². The minimum atomic E-state index is -0.507. The van der Waals surface area contributed by atoms with Crippen molar-refractivity contribution in [1.82, 2.24) is 10.2 Å². The lowest BCUT2D eigenvalue weighted by atomic mass is 9.78. The van der Waals surface area contributed by atoms with E-state index in [0.717, 1.165) is 31.5 Å². The van der Waals surface area contributed by atoms with Gasteiger partial charge in [-0.15, -0.1) is 0 Å². The van der Waals surface area contributed by atoms with Crippen molar-refractivity contribution in [3.05, 3.63) is 29.8 Å². The Balaban J connectivity index is 1.64. The molecule has 7 heteroatoms. The number of methoxy groups -OCH3 is 1. The molecule has 1 aromatic carbocycles. The second-order valence-corrected chi connectivity index (χ2v) is 6.99. The fourth-order valence-electron chi connectivity index (χ4n) is 3.56. The highest BCUT2D eigenvalue weighted by molar-refractivity contribution is 6.01. The number of imide groups is 1. The maximum Gasteiger partial charge on any atom is 0.233 e. The van der Waals surface area contributed by atoms with Gasteiger partial charge in [-0.05, 0) is 43.6 Å². The van der Waals surface area contributed by atoms with Crippen molar-refractivity contribution >= 4 is 23.4 Å². The van der Waals surface area contributed by atoms with Crippen molar-refractivity contribution in [2.24, 2.45) is 5.41 Å². The van der Waals surface area contributed by atoms with Crippen LogP contribution in [0.5, 0.6) is 0 Å². The predicted octanol–water partition coefficient (Wildman–Crippen LogP) is 1.29. The van der Waals surface area contributed by atoms with Gasteiger partial charge in [-0.2, -0.15) is 0 Å². The van der Waals surface area contributed by atoms with Gasteiger partial charge in [-0.3, -0.25) is 19.3 Å². The average molecular weight is 359 g/mol. The lowest BCUT2D eigenvalue weighted by Gasteiger charge is -2.35. The number of amides is 3. The molecule has 1 aromatic rings. The molecule has 2 aliphatic rings. The van der Waals surface area contributed by atoms with Crippen LogP contribution in [0.15, 0.2) is 24.3 Å². The molecule has 0 aromatic heterocycles. The molecule has 3 amide bonds. The fraction of sp³-hybridized carbons (Fsp3) is 0.526. The summed E-state index contributed by atoms with van der Waals surface area (Å²) in [6, 6.07) is 7.28. The van der Waals surface area contributed by atoms with Crippen molar-refractivity contribution in [3.8, 4) is 0 Å².